The summed E-state index contributed by atoms with van der Waals surface area (Å²) in [5.74, 6) is 0.329. The number of hydrogen-bond donors (Lipinski definition) is 1. The summed E-state index contributed by atoms with van der Waals surface area (Å²) in [7, 11) is 0. The van der Waals surface area contributed by atoms with Gasteiger partial charge in [-0.1, -0.05) is 0 Å². The molecule has 3 heterocycles. The largest absolute Gasteiger partial charge is 0.461 e. The van der Waals surface area contributed by atoms with E-state index in [-0.39, 0.29) is 11.2 Å². The normalized spacial score (nSPS) is 16.4. The van der Waals surface area contributed by atoms with E-state index >= 15 is 0 Å². The van der Waals surface area contributed by atoms with Gasteiger partial charge in [0.2, 0.25) is 0 Å². The van der Waals surface area contributed by atoms with Gasteiger partial charge in [0.1, 0.15) is 11.1 Å². The number of anilines is 1. The first-order valence-corrected chi connectivity index (χ1v) is 10.3. The van der Waals surface area contributed by atoms with Crippen LogP contribution in [0, 0.1) is 6.92 Å². The molecular formula is C21H31N5O4. The van der Waals surface area contributed by atoms with E-state index in [1.54, 1.807) is 23.7 Å². The summed E-state index contributed by atoms with van der Waals surface area (Å²) >= 11 is 0. The molecule has 164 valence electrons. The van der Waals surface area contributed by atoms with Crippen LogP contribution in [0.2, 0.25) is 0 Å². The number of hydrogen-bond acceptors (Lipinski definition) is 7. The van der Waals surface area contributed by atoms with Crippen molar-refractivity contribution in [3.63, 3.8) is 0 Å². The molecule has 1 amide bonds. The Balaban J connectivity index is 1.76. The maximum atomic E-state index is 12.2. The number of carbonyl (C=O) groups is 2. The molecule has 0 aliphatic carbocycles. The van der Waals surface area contributed by atoms with Crippen LogP contribution in [-0.4, -0.2) is 57.5 Å². The zero-order chi connectivity index (χ0) is 22.1. The topological polar surface area (TPSA) is 98.1 Å². The van der Waals surface area contributed by atoms with E-state index in [2.05, 4.69) is 15.3 Å². The Morgan fingerprint density at radius 2 is 1.93 bits per heavy atom. The Morgan fingerprint density at radius 1 is 1.27 bits per heavy atom. The van der Waals surface area contributed by atoms with Crippen LogP contribution in [0.3, 0.4) is 0 Å². The molecule has 30 heavy (non-hydrogen) atoms. The van der Waals surface area contributed by atoms with Crippen molar-refractivity contribution in [3.8, 4) is 0 Å². The summed E-state index contributed by atoms with van der Waals surface area (Å²) in [6.45, 7) is 13.0. The van der Waals surface area contributed by atoms with Crippen LogP contribution in [0.4, 0.5) is 10.6 Å². The van der Waals surface area contributed by atoms with Crippen molar-refractivity contribution < 1.29 is 19.1 Å². The molecule has 1 fully saturated rings. The van der Waals surface area contributed by atoms with Crippen LogP contribution in [0.1, 0.15) is 63.6 Å². The molecule has 0 radical (unpaired) electrons. The number of esters is 1. The molecular weight excluding hydrogens is 386 g/mol. The van der Waals surface area contributed by atoms with Gasteiger partial charge in [0, 0.05) is 24.7 Å². The Hall–Kier alpha value is -2.84. The van der Waals surface area contributed by atoms with E-state index in [1.165, 1.54) is 0 Å². The Kier molecular flexibility index (Phi) is 5.92. The molecule has 1 N–H and O–H groups in total. The van der Waals surface area contributed by atoms with E-state index in [1.807, 2.05) is 34.6 Å². The van der Waals surface area contributed by atoms with Crippen molar-refractivity contribution in [1.82, 2.24) is 19.9 Å². The first kappa shape index (κ1) is 21.9. The summed E-state index contributed by atoms with van der Waals surface area (Å²) in [6.07, 6.45) is 2.88. The summed E-state index contributed by atoms with van der Waals surface area (Å²) in [5.41, 5.74) is 0.939. The Labute approximate surface area is 176 Å². The lowest BCUT2D eigenvalue weighted by molar-refractivity contribution is 0.0446. The monoisotopic (exact) mass is 417 g/mol. The predicted molar refractivity (Wildman–Crippen MR) is 113 cm³/mol. The highest BCUT2D eigenvalue weighted by molar-refractivity contribution is 5.90. The summed E-state index contributed by atoms with van der Waals surface area (Å²) in [4.78, 5) is 31.2. The average Bonchev–Trinajstić information content (AvgIpc) is 3.04. The predicted octanol–water partition coefficient (Wildman–Crippen LogP) is 3.10. The number of nitrogens with zero attached hydrogens (tertiary/aromatic N) is 4. The number of aryl methyl sites for hydroxylation is 1. The van der Waals surface area contributed by atoms with Gasteiger partial charge in [-0.3, -0.25) is 0 Å². The fourth-order valence-electron chi connectivity index (χ4n) is 3.51. The van der Waals surface area contributed by atoms with Crippen molar-refractivity contribution in [2.75, 3.05) is 24.6 Å². The van der Waals surface area contributed by atoms with Gasteiger partial charge in [0.05, 0.1) is 18.5 Å². The SMILES string of the molecule is CCOC(=O)c1cc2c(N3CCC(C)(NC(=O)OC(C)(C)C)CC3)nc(C)cn2n1. The van der Waals surface area contributed by atoms with Gasteiger partial charge in [0.25, 0.3) is 0 Å². The van der Waals surface area contributed by atoms with Gasteiger partial charge in [-0.2, -0.15) is 5.10 Å². The van der Waals surface area contributed by atoms with E-state index < -0.39 is 17.7 Å². The molecule has 0 spiro atoms. The van der Waals surface area contributed by atoms with Crippen LogP contribution in [0.15, 0.2) is 12.3 Å². The second kappa shape index (κ2) is 8.12. The number of carbonyl (C=O) groups excluding carboxylic acids is 2. The van der Waals surface area contributed by atoms with Gasteiger partial charge in [-0.05, 0) is 54.4 Å². The smallest absolute Gasteiger partial charge is 0.408 e. The van der Waals surface area contributed by atoms with E-state index in [9.17, 15) is 9.59 Å². The van der Waals surface area contributed by atoms with Crippen molar-refractivity contribution in [1.29, 1.82) is 0 Å². The average molecular weight is 418 g/mol. The summed E-state index contributed by atoms with van der Waals surface area (Å²) in [6, 6.07) is 1.71. The first-order chi connectivity index (χ1) is 14.0. The highest BCUT2D eigenvalue weighted by atomic mass is 16.6. The minimum atomic E-state index is -0.531. The van der Waals surface area contributed by atoms with Crippen molar-refractivity contribution in [2.24, 2.45) is 0 Å². The van der Waals surface area contributed by atoms with Crippen LogP contribution >= 0.6 is 0 Å². The molecule has 1 aliphatic heterocycles. The standard InChI is InChI=1S/C21H31N5O4/c1-7-29-18(27)15-12-16-17(22-14(2)13-26(16)24-15)25-10-8-21(6,9-11-25)23-19(28)30-20(3,4)5/h12-13H,7-11H2,1-6H3,(H,23,28). The van der Waals surface area contributed by atoms with Crippen molar-refractivity contribution in [2.45, 2.75) is 65.5 Å². The molecule has 3 rings (SSSR count). The zero-order valence-corrected chi connectivity index (χ0v) is 18.6. The number of alkyl carbamates (subject to hydrolysis) is 1. The number of ether oxygens (including phenoxy) is 2. The lowest BCUT2D eigenvalue weighted by Gasteiger charge is -2.40. The number of rotatable bonds is 4. The molecule has 0 saturated carbocycles. The molecule has 0 bridgehead atoms. The van der Waals surface area contributed by atoms with Gasteiger partial charge < -0.3 is 19.7 Å². The summed E-state index contributed by atoms with van der Waals surface area (Å²) < 4.78 is 12.2. The van der Waals surface area contributed by atoms with E-state index in [0.29, 0.717) is 19.7 Å². The van der Waals surface area contributed by atoms with Crippen LogP contribution in [0.5, 0.6) is 0 Å². The second-order valence-corrected chi connectivity index (χ2v) is 8.96. The summed E-state index contributed by atoms with van der Waals surface area (Å²) in [5, 5.41) is 7.37. The maximum Gasteiger partial charge on any atom is 0.408 e. The van der Waals surface area contributed by atoms with Crippen LogP contribution in [-0.2, 0) is 9.47 Å². The lowest BCUT2D eigenvalue weighted by Crippen LogP contribution is -2.54. The van der Waals surface area contributed by atoms with Gasteiger partial charge >= 0.3 is 12.1 Å². The third kappa shape index (κ3) is 5.01. The Morgan fingerprint density at radius 3 is 2.53 bits per heavy atom. The third-order valence-electron chi connectivity index (χ3n) is 5.01. The highest BCUT2D eigenvalue weighted by Crippen LogP contribution is 2.29. The number of fused-ring (bicyclic) bond motifs is 1. The van der Waals surface area contributed by atoms with Gasteiger partial charge in [-0.25, -0.2) is 19.1 Å². The molecule has 9 nitrogen and oxygen atoms in total. The van der Waals surface area contributed by atoms with Gasteiger partial charge in [0.15, 0.2) is 11.5 Å². The fourth-order valence-corrected chi connectivity index (χ4v) is 3.51. The number of amides is 1. The van der Waals surface area contributed by atoms with Gasteiger partial charge in [-0.15, -0.1) is 0 Å². The van der Waals surface area contributed by atoms with Crippen molar-refractivity contribution in [3.05, 3.63) is 23.7 Å². The van der Waals surface area contributed by atoms with E-state index in [4.69, 9.17) is 14.5 Å². The lowest BCUT2D eigenvalue weighted by atomic mass is 9.90. The second-order valence-electron chi connectivity index (χ2n) is 8.96. The van der Waals surface area contributed by atoms with Crippen molar-refractivity contribution >= 4 is 23.4 Å². The third-order valence-corrected chi connectivity index (χ3v) is 5.01. The highest BCUT2D eigenvalue weighted by Gasteiger charge is 2.34. The molecule has 0 unspecified atom stereocenters. The van der Waals surface area contributed by atoms with E-state index in [0.717, 1.165) is 29.9 Å². The van der Waals surface area contributed by atoms with Crippen LogP contribution < -0.4 is 10.2 Å². The van der Waals surface area contributed by atoms with Crippen LogP contribution in [0.25, 0.3) is 5.52 Å². The Bertz CT molecular complexity index is 939. The minimum Gasteiger partial charge on any atom is -0.461 e. The molecule has 1 aliphatic rings. The molecule has 0 atom stereocenters. The quantitative estimate of drug-likeness (QED) is 0.763. The maximum absolute atomic E-state index is 12.2. The number of aromatic nitrogens is 3. The number of nitrogens with one attached hydrogen (secondary N) is 1. The minimum absolute atomic E-state index is 0.263. The first-order valence-electron chi connectivity index (χ1n) is 10.3. The molecule has 1 saturated heterocycles. The molecule has 2 aromatic heterocycles. The zero-order valence-electron chi connectivity index (χ0n) is 18.6. The number of piperidine rings is 1. The fraction of sp³-hybridized carbons (Fsp3) is 0.619. The molecule has 0 aromatic carbocycles. The molecule has 9 heteroatoms. The molecule has 2 aromatic rings.